The number of allylic oxidation sites excluding steroid dienone is 1. The van der Waals surface area contributed by atoms with Gasteiger partial charge in [0.05, 0.1) is 48.6 Å². The van der Waals surface area contributed by atoms with Crippen molar-refractivity contribution in [3.63, 3.8) is 0 Å². The van der Waals surface area contributed by atoms with Crippen LogP contribution in [0.2, 0.25) is 0 Å². The number of benzene rings is 2. The van der Waals surface area contributed by atoms with Gasteiger partial charge in [-0.1, -0.05) is 57.9 Å². The molecule has 6 amide bonds. The number of nitrogens with one attached hydrogen (secondary N) is 4. The molecule has 1 aliphatic carbocycles. The van der Waals surface area contributed by atoms with E-state index in [1.54, 1.807) is 49.6 Å². The van der Waals surface area contributed by atoms with Crippen LogP contribution in [0.15, 0.2) is 66.1 Å². The van der Waals surface area contributed by atoms with E-state index in [1.807, 2.05) is 58.2 Å². The number of thiazole rings is 1. The van der Waals surface area contributed by atoms with Crippen molar-refractivity contribution in [2.45, 2.75) is 115 Å². The maximum absolute atomic E-state index is 15.0. The van der Waals surface area contributed by atoms with E-state index >= 15 is 4.79 Å². The molecule has 2 aromatic heterocycles. The molecule has 3 aliphatic heterocycles. The number of carboxylic acid groups (broad SMARTS) is 1. The SMILES string of the molecule is COc1ccc2c(O[C@@H]3C[C@H]4C(=O)N[C@]5(C(=O)O)CC5C=CCCCCC[C@H](NC(=O)N[C@H](CN5C(=O)c6ccccc6C5=O)C(C)(C)C)C(=O)N4C3)cc(-c3csc(NC(C)C)n3)nc2c1. The lowest BCUT2D eigenvalue weighted by molar-refractivity contribution is -0.145. The highest BCUT2D eigenvalue weighted by atomic mass is 32.1. The Morgan fingerprint density at radius 2 is 1.75 bits per heavy atom. The summed E-state index contributed by atoms with van der Waals surface area (Å²) in [5.74, 6) is -2.62. The first-order valence-electron chi connectivity index (χ1n) is 22.9. The summed E-state index contributed by atoms with van der Waals surface area (Å²) < 4.78 is 12.3. The average Bonchev–Trinajstić information content (AvgIpc) is 3.51. The van der Waals surface area contributed by atoms with E-state index in [2.05, 4.69) is 21.3 Å². The van der Waals surface area contributed by atoms with Gasteiger partial charge in [-0.2, -0.15) is 0 Å². The Kier molecular flexibility index (Phi) is 13.3. The minimum Gasteiger partial charge on any atom is -0.497 e. The third-order valence-corrected chi connectivity index (χ3v) is 13.7. The summed E-state index contributed by atoms with van der Waals surface area (Å²) in [6, 6.07) is 10.3. The fraction of sp³-hybridized carbons (Fsp3) is 0.469. The quantitative estimate of drug-likeness (QED) is 0.0816. The number of anilines is 1. The van der Waals surface area contributed by atoms with Crippen LogP contribution in [-0.4, -0.2) is 117 Å². The number of fused-ring (bicyclic) bond motifs is 4. The summed E-state index contributed by atoms with van der Waals surface area (Å²) in [6.07, 6.45) is 6.26. The maximum atomic E-state index is 15.0. The second-order valence-corrected chi connectivity index (χ2v) is 20.1. The molecule has 5 heterocycles. The number of carbonyl (C=O) groups excluding carboxylic acids is 5. The number of rotatable bonds is 11. The van der Waals surface area contributed by atoms with Gasteiger partial charge in [-0.05, 0) is 69.2 Å². The standard InChI is InChI=1S/C49H58N8O9S/c1-27(2)50-47-53-37(26-67-47)36-22-39(33-19-18-29(65-6)20-35(33)51-36)66-30-21-38-41(58)55-49(45(62)63)23-28(49)14-10-8-7-9-11-17-34(44(61)56(38)24-30)52-46(64)54-40(48(3,4)5)25-57-42(59)31-15-12-13-16-32(31)43(57)60/h10,12-16,18-20,22,26-28,30,34,38,40H,7-9,11,17,21,23-25H2,1-6H3,(H,50,53)(H,55,58)(H,62,63)(H2,52,54,64)/t28?,30-,34+,38+,40-,49-/m1/s1. The number of methoxy groups -OCH3 is 1. The van der Waals surface area contributed by atoms with Crippen LogP contribution >= 0.6 is 11.3 Å². The summed E-state index contributed by atoms with van der Waals surface area (Å²) in [4.78, 5) is 95.2. The van der Waals surface area contributed by atoms with Gasteiger partial charge in [0, 0.05) is 41.3 Å². The molecular weight excluding hydrogens is 877 g/mol. The number of carboxylic acids is 1. The minimum absolute atomic E-state index is 0.0214. The normalized spacial score (nSPS) is 23.7. The van der Waals surface area contributed by atoms with Crippen molar-refractivity contribution in [1.82, 2.24) is 35.7 Å². The first-order chi connectivity index (χ1) is 31.9. The maximum Gasteiger partial charge on any atom is 0.330 e. The molecule has 1 saturated carbocycles. The molecule has 1 unspecified atom stereocenters. The topological polar surface area (TPSA) is 221 Å². The highest BCUT2D eigenvalue weighted by Gasteiger charge is 2.61. The van der Waals surface area contributed by atoms with E-state index in [0.29, 0.717) is 57.8 Å². The predicted octanol–water partition coefficient (Wildman–Crippen LogP) is 6.39. The number of hydrogen-bond donors (Lipinski definition) is 5. The number of nitrogens with zero attached hydrogens (tertiary/aromatic N) is 4. The molecule has 0 bridgehead atoms. The molecule has 5 N–H and O–H groups in total. The second kappa shape index (κ2) is 19.0. The Morgan fingerprint density at radius 1 is 1.00 bits per heavy atom. The fourth-order valence-corrected chi connectivity index (χ4v) is 9.90. The van der Waals surface area contributed by atoms with Gasteiger partial charge in [0.1, 0.15) is 40.9 Å². The molecule has 18 heteroatoms. The van der Waals surface area contributed by atoms with E-state index in [1.165, 1.54) is 16.2 Å². The van der Waals surface area contributed by atoms with E-state index in [0.717, 1.165) is 22.9 Å². The molecule has 4 aromatic rings. The van der Waals surface area contributed by atoms with Gasteiger partial charge < -0.3 is 40.7 Å². The van der Waals surface area contributed by atoms with Gasteiger partial charge >= 0.3 is 12.0 Å². The molecule has 17 nitrogen and oxygen atoms in total. The van der Waals surface area contributed by atoms with Gasteiger partial charge in [-0.25, -0.2) is 19.6 Å². The average molecular weight is 935 g/mol. The molecule has 0 spiro atoms. The van der Waals surface area contributed by atoms with Crippen LogP contribution in [-0.2, 0) is 14.4 Å². The lowest BCUT2D eigenvalue weighted by atomic mass is 9.86. The van der Waals surface area contributed by atoms with Crippen LogP contribution in [0.5, 0.6) is 11.5 Å². The molecule has 1 saturated heterocycles. The van der Waals surface area contributed by atoms with Crippen LogP contribution in [0.1, 0.15) is 100 Å². The van der Waals surface area contributed by atoms with Crippen molar-refractivity contribution in [2.24, 2.45) is 11.3 Å². The van der Waals surface area contributed by atoms with Gasteiger partial charge in [0.2, 0.25) is 11.8 Å². The molecular formula is C49H58N8O9S. The van der Waals surface area contributed by atoms with Crippen molar-refractivity contribution < 1.29 is 43.3 Å². The Balaban J connectivity index is 1.08. The highest BCUT2D eigenvalue weighted by Crippen LogP contribution is 2.46. The van der Waals surface area contributed by atoms with Gasteiger partial charge in [-0.15, -0.1) is 11.3 Å². The second-order valence-electron chi connectivity index (χ2n) is 19.2. The molecule has 8 rings (SSSR count). The molecule has 4 aliphatic rings. The first-order valence-corrected chi connectivity index (χ1v) is 23.8. The number of amides is 6. The molecule has 6 atom stereocenters. The summed E-state index contributed by atoms with van der Waals surface area (Å²) in [6.45, 7) is 9.53. The Hall–Kier alpha value is -6.56. The third kappa shape index (κ3) is 9.94. The Bertz CT molecular complexity index is 2590. The van der Waals surface area contributed by atoms with Crippen LogP contribution in [0, 0.1) is 11.3 Å². The Labute approximate surface area is 393 Å². The van der Waals surface area contributed by atoms with Crippen LogP contribution in [0.3, 0.4) is 0 Å². The smallest absolute Gasteiger partial charge is 0.330 e. The Morgan fingerprint density at radius 3 is 2.43 bits per heavy atom. The van der Waals surface area contributed by atoms with Crippen molar-refractivity contribution in [3.8, 4) is 22.9 Å². The van der Waals surface area contributed by atoms with Gasteiger partial charge in [0.15, 0.2) is 5.13 Å². The van der Waals surface area contributed by atoms with Crippen molar-refractivity contribution in [1.29, 1.82) is 0 Å². The van der Waals surface area contributed by atoms with E-state index in [4.69, 9.17) is 19.4 Å². The lowest BCUT2D eigenvalue weighted by Gasteiger charge is -2.35. The van der Waals surface area contributed by atoms with Crippen LogP contribution in [0.25, 0.3) is 22.3 Å². The summed E-state index contributed by atoms with van der Waals surface area (Å²) in [7, 11) is 1.57. The number of carbonyl (C=O) groups is 6. The first kappa shape index (κ1) is 47.0. The monoisotopic (exact) mass is 934 g/mol. The number of hydrogen-bond acceptors (Lipinski definition) is 12. The van der Waals surface area contributed by atoms with Crippen molar-refractivity contribution in [2.75, 3.05) is 25.5 Å². The number of aliphatic carboxylic acids is 1. The van der Waals surface area contributed by atoms with Crippen molar-refractivity contribution >= 4 is 63.0 Å². The summed E-state index contributed by atoms with van der Waals surface area (Å²) in [5, 5.41) is 25.7. The van der Waals surface area contributed by atoms with E-state index in [9.17, 15) is 29.1 Å². The van der Waals surface area contributed by atoms with E-state index in [-0.39, 0.29) is 38.4 Å². The minimum atomic E-state index is -1.52. The zero-order valence-corrected chi connectivity index (χ0v) is 39.4. The zero-order valence-electron chi connectivity index (χ0n) is 38.6. The summed E-state index contributed by atoms with van der Waals surface area (Å²) in [5.41, 5.74) is 0.162. The largest absolute Gasteiger partial charge is 0.497 e. The number of pyridine rings is 1. The molecule has 354 valence electrons. The van der Waals surface area contributed by atoms with Gasteiger partial charge in [0.25, 0.3) is 11.8 Å². The summed E-state index contributed by atoms with van der Waals surface area (Å²) >= 11 is 1.45. The number of urea groups is 1. The molecule has 67 heavy (non-hydrogen) atoms. The van der Waals surface area contributed by atoms with Crippen molar-refractivity contribution in [3.05, 3.63) is 77.2 Å². The third-order valence-electron chi connectivity index (χ3n) is 13.0. The lowest BCUT2D eigenvalue weighted by Crippen LogP contribution is -2.59. The number of ether oxygens (including phenoxy) is 2. The van der Waals surface area contributed by atoms with Crippen LogP contribution < -0.4 is 30.7 Å². The highest BCUT2D eigenvalue weighted by molar-refractivity contribution is 7.14. The fourth-order valence-electron chi connectivity index (χ4n) is 9.04. The molecule has 2 aromatic carbocycles. The number of imide groups is 1. The van der Waals surface area contributed by atoms with E-state index < -0.39 is 76.7 Å². The number of aromatic nitrogens is 2. The zero-order chi connectivity index (χ0) is 47.8. The molecule has 0 radical (unpaired) electrons. The molecule has 2 fully saturated rings. The predicted molar refractivity (Wildman–Crippen MR) is 252 cm³/mol. The van der Waals surface area contributed by atoms with Gasteiger partial charge in [-0.3, -0.25) is 24.1 Å². The van der Waals surface area contributed by atoms with Crippen LogP contribution in [0.4, 0.5) is 9.93 Å².